The molecule has 0 spiro atoms. The van der Waals surface area contributed by atoms with E-state index in [1.165, 1.54) is 0 Å². The van der Waals surface area contributed by atoms with Crippen LogP contribution in [0.3, 0.4) is 0 Å². The van der Waals surface area contributed by atoms with Gasteiger partial charge in [-0.2, -0.15) is 0 Å². The zero-order valence-electron chi connectivity index (χ0n) is 12.1. The molecule has 19 heavy (non-hydrogen) atoms. The Hall–Kier alpha value is -0.723. The number of rotatable bonds is 10. The van der Waals surface area contributed by atoms with Crippen molar-refractivity contribution in [3.8, 4) is 0 Å². The van der Waals surface area contributed by atoms with E-state index in [0.717, 1.165) is 11.2 Å². The molecule has 0 aliphatic heterocycles. The van der Waals surface area contributed by atoms with Crippen molar-refractivity contribution in [3.63, 3.8) is 0 Å². The Balaban J connectivity index is 2.79. The Morgan fingerprint density at radius 2 is 1.37 bits per heavy atom. The first-order valence-electron chi connectivity index (χ1n) is 6.60. The summed E-state index contributed by atoms with van der Waals surface area (Å²) in [6.07, 6.45) is 0. The monoisotopic (exact) mass is 284 g/mol. The van der Waals surface area contributed by atoms with Crippen molar-refractivity contribution >= 4 is 13.7 Å². The van der Waals surface area contributed by atoms with Crippen LogP contribution in [0, 0.1) is 0 Å². The molecule has 5 heteroatoms. The summed E-state index contributed by atoms with van der Waals surface area (Å²) in [5.41, 5.74) is 0. The maximum Gasteiger partial charge on any atom is 0.372 e. The molecule has 0 aromatic heterocycles. The van der Waals surface area contributed by atoms with Crippen LogP contribution in [0.2, 0.25) is 6.04 Å². The van der Waals surface area contributed by atoms with Crippen LogP contribution in [0.5, 0.6) is 0 Å². The van der Waals surface area contributed by atoms with Crippen molar-refractivity contribution in [2.75, 3.05) is 40.6 Å². The Morgan fingerprint density at radius 1 is 0.842 bits per heavy atom. The van der Waals surface area contributed by atoms with Crippen LogP contribution < -0.4 is 5.19 Å². The summed E-state index contributed by atoms with van der Waals surface area (Å²) < 4.78 is 22.3. The number of hydrogen-bond acceptors (Lipinski definition) is 4. The summed E-state index contributed by atoms with van der Waals surface area (Å²) in [7, 11) is 0.967. The minimum atomic E-state index is -2.38. The standard InChI is InChI=1S/C14H24O4Si/c1-4-19(17-12-10-15-2,18-13-11-16-3)14-8-6-5-7-9-14/h5-9H,4,10-13H2,1-3H3. The van der Waals surface area contributed by atoms with Gasteiger partial charge in [-0.25, -0.2) is 0 Å². The van der Waals surface area contributed by atoms with Gasteiger partial charge in [-0.1, -0.05) is 37.3 Å². The van der Waals surface area contributed by atoms with Gasteiger partial charge in [0.15, 0.2) is 0 Å². The minimum Gasteiger partial charge on any atom is -0.389 e. The second-order valence-electron chi connectivity index (χ2n) is 4.16. The molecule has 0 fully saturated rings. The molecule has 0 saturated heterocycles. The van der Waals surface area contributed by atoms with Crippen LogP contribution in [-0.2, 0) is 18.3 Å². The molecule has 1 aromatic rings. The second-order valence-corrected chi connectivity index (χ2v) is 7.52. The van der Waals surface area contributed by atoms with E-state index in [4.69, 9.17) is 18.3 Å². The summed E-state index contributed by atoms with van der Waals surface area (Å²) >= 11 is 0. The second kappa shape index (κ2) is 9.22. The molecule has 0 amide bonds. The van der Waals surface area contributed by atoms with Crippen molar-refractivity contribution in [2.24, 2.45) is 0 Å². The molecule has 0 bridgehead atoms. The molecular formula is C14H24O4Si. The first-order chi connectivity index (χ1) is 9.29. The normalized spacial score (nSPS) is 11.7. The molecule has 0 unspecified atom stereocenters. The summed E-state index contributed by atoms with van der Waals surface area (Å²) in [5, 5.41) is 1.16. The molecule has 0 N–H and O–H groups in total. The number of ether oxygens (including phenoxy) is 2. The van der Waals surface area contributed by atoms with E-state index < -0.39 is 8.56 Å². The summed E-state index contributed by atoms with van der Waals surface area (Å²) in [5.74, 6) is 0. The van der Waals surface area contributed by atoms with Crippen molar-refractivity contribution in [3.05, 3.63) is 30.3 Å². The van der Waals surface area contributed by atoms with Crippen molar-refractivity contribution in [2.45, 2.75) is 13.0 Å². The zero-order valence-corrected chi connectivity index (χ0v) is 13.1. The van der Waals surface area contributed by atoms with Gasteiger partial charge in [0.1, 0.15) is 0 Å². The van der Waals surface area contributed by atoms with E-state index in [-0.39, 0.29) is 0 Å². The predicted octanol–water partition coefficient (Wildman–Crippen LogP) is 1.68. The molecule has 0 aliphatic rings. The molecule has 0 radical (unpaired) electrons. The smallest absolute Gasteiger partial charge is 0.372 e. The molecule has 0 heterocycles. The van der Waals surface area contributed by atoms with Gasteiger partial charge in [0.2, 0.25) is 0 Å². The molecule has 1 aromatic carbocycles. The summed E-state index contributed by atoms with van der Waals surface area (Å²) in [6.45, 7) is 4.38. The van der Waals surface area contributed by atoms with Crippen LogP contribution in [0.25, 0.3) is 0 Å². The topological polar surface area (TPSA) is 36.9 Å². The lowest BCUT2D eigenvalue weighted by atomic mass is 10.4. The fraction of sp³-hybridized carbons (Fsp3) is 0.571. The summed E-state index contributed by atoms with van der Waals surface area (Å²) in [6, 6.07) is 11.1. The van der Waals surface area contributed by atoms with Gasteiger partial charge >= 0.3 is 8.56 Å². The van der Waals surface area contributed by atoms with Crippen LogP contribution in [0.15, 0.2) is 30.3 Å². The van der Waals surface area contributed by atoms with Crippen LogP contribution in [-0.4, -0.2) is 49.2 Å². The first-order valence-corrected chi connectivity index (χ1v) is 8.62. The van der Waals surface area contributed by atoms with Crippen molar-refractivity contribution < 1.29 is 18.3 Å². The van der Waals surface area contributed by atoms with E-state index in [1.54, 1.807) is 14.2 Å². The largest absolute Gasteiger partial charge is 0.389 e. The molecule has 0 atom stereocenters. The van der Waals surface area contributed by atoms with Crippen LogP contribution in [0.1, 0.15) is 6.92 Å². The highest BCUT2D eigenvalue weighted by atomic mass is 28.4. The lowest BCUT2D eigenvalue weighted by Gasteiger charge is -2.30. The van der Waals surface area contributed by atoms with Gasteiger partial charge < -0.3 is 18.3 Å². The van der Waals surface area contributed by atoms with Crippen molar-refractivity contribution in [1.29, 1.82) is 0 Å². The third-order valence-corrected chi connectivity index (χ3v) is 6.41. The quantitative estimate of drug-likeness (QED) is 0.484. The Kier molecular flexibility index (Phi) is 7.93. The van der Waals surface area contributed by atoms with E-state index in [9.17, 15) is 0 Å². The fourth-order valence-corrected chi connectivity index (χ4v) is 4.65. The van der Waals surface area contributed by atoms with Gasteiger partial charge in [-0.15, -0.1) is 0 Å². The minimum absolute atomic E-state index is 0.554. The van der Waals surface area contributed by atoms with Gasteiger partial charge in [0.05, 0.1) is 26.4 Å². The number of hydrogen-bond donors (Lipinski definition) is 0. The van der Waals surface area contributed by atoms with Gasteiger partial charge in [-0.05, 0) is 11.2 Å². The van der Waals surface area contributed by atoms with Gasteiger partial charge in [-0.3, -0.25) is 0 Å². The highest BCUT2D eigenvalue weighted by Gasteiger charge is 2.38. The molecule has 0 aliphatic carbocycles. The average molecular weight is 284 g/mol. The fourth-order valence-electron chi connectivity index (χ4n) is 1.89. The maximum atomic E-state index is 6.09. The van der Waals surface area contributed by atoms with Gasteiger partial charge in [0, 0.05) is 14.2 Å². The highest BCUT2D eigenvalue weighted by molar-refractivity contribution is 6.81. The lowest BCUT2D eigenvalue weighted by molar-refractivity contribution is 0.0921. The molecular weight excluding hydrogens is 260 g/mol. The summed E-state index contributed by atoms with van der Waals surface area (Å²) in [4.78, 5) is 0. The number of methoxy groups -OCH3 is 2. The highest BCUT2D eigenvalue weighted by Crippen LogP contribution is 2.14. The Bertz CT molecular complexity index is 321. The predicted molar refractivity (Wildman–Crippen MR) is 78.0 cm³/mol. The van der Waals surface area contributed by atoms with Gasteiger partial charge in [0.25, 0.3) is 0 Å². The van der Waals surface area contributed by atoms with Crippen LogP contribution in [0.4, 0.5) is 0 Å². The van der Waals surface area contributed by atoms with E-state index >= 15 is 0 Å². The van der Waals surface area contributed by atoms with E-state index in [2.05, 4.69) is 19.1 Å². The average Bonchev–Trinajstić information content (AvgIpc) is 2.47. The zero-order chi connectivity index (χ0) is 14.0. The van der Waals surface area contributed by atoms with Crippen molar-refractivity contribution in [1.82, 2.24) is 0 Å². The van der Waals surface area contributed by atoms with E-state index in [1.807, 2.05) is 18.2 Å². The third kappa shape index (κ3) is 5.04. The van der Waals surface area contributed by atoms with Crippen LogP contribution >= 0.6 is 0 Å². The Labute approximate surface area is 116 Å². The third-order valence-electron chi connectivity index (χ3n) is 2.92. The molecule has 1 rings (SSSR count). The molecule has 108 valence electrons. The lowest BCUT2D eigenvalue weighted by Crippen LogP contribution is -2.54. The van der Waals surface area contributed by atoms with E-state index in [0.29, 0.717) is 26.4 Å². The number of benzene rings is 1. The maximum absolute atomic E-state index is 6.09. The SMILES string of the molecule is CC[Si](OCCOC)(OCCOC)c1ccccc1. The molecule has 0 saturated carbocycles. The Morgan fingerprint density at radius 3 is 1.79 bits per heavy atom. The first kappa shape index (κ1) is 16.3. The molecule has 4 nitrogen and oxygen atoms in total.